The van der Waals surface area contributed by atoms with E-state index in [-0.39, 0.29) is 12.5 Å². The molecule has 2 aromatic heterocycles. The zero-order valence-corrected chi connectivity index (χ0v) is 16.2. The van der Waals surface area contributed by atoms with Crippen molar-refractivity contribution in [1.82, 2.24) is 4.98 Å². The number of hydrogen-bond acceptors (Lipinski definition) is 6. The molecule has 27 heavy (non-hydrogen) atoms. The van der Waals surface area contributed by atoms with Crippen molar-refractivity contribution in [1.29, 1.82) is 0 Å². The van der Waals surface area contributed by atoms with Gasteiger partial charge < -0.3 is 9.15 Å². The van der Waals surface area contributed by atoms with E-state index in [1.165, 1.54) is 30.1 Å². The lowest BCUT2D eigenvalue weighted by molar-refractivity contribution is -0.115. The van der Waals surface area contributed by atoms with Gasteiger partial charge in [-0.25, -0.2) is 9.78 Å². The standard InChI is InChI=1S/C20H20N2O4S/c1-4-15-5-7-17(8-6-15)22(14(3)23)20-21-16(12-27-20)11-26-19(24)18-9-10-25-13(18)2/h5-10,12H,4,11H2,1-3H3. The Kier molecular flexibility index (Phi) is 5.71. The Hall–Kier alpha value is -2.93. The molecule has 1 amide bonds. The smallest absolute Gasteiger partial charge is 0.342 e. The molecule has 0 N–H and O–H groups in total. The highest BCUT2D eigenvalue weighted by molar-refractivity contribution is 7.14. The van der Waals surface area contributed by atoms with Gasteiger partial charge in [-0.3, -0.25) is 9.69 Å². The van der Waals surface area contributed by atoms with Gasteiger partial charge in [0, 0.05) is 12.3 Å². The number of aryl methyl sites for hydroxylation is 2. The van der Waals surface area contributed by atoms with Crippen LogP contribution in [0.25, 0.3) is 0 Å². The molecule has 0 saturated heterocycles. The Balaban J connectivity index is 1.73. The summed E-state index contributed by atoms with van der Waals surface area (Å²) in [5.41, 5.74) is 2.93. The number of amides is 1. The highest BCUT2D eigenvalue weighted by atomic mass is 32.1. The Bertz CT molecular complexity index is 943. The SMILES string of the molecule is CCc1ccc(N(C(C)=O)c2nc(COC(=O)c3ccoc3C)cs2)cc1. The van der Waals surface area contributed by atoms with Gasteiger partial charge in [-0.1, -0.05) is 19.1 Å². The average molecular weight is 384 g/mol. The van der Waals surface area contributed by atoms with Crippen LogP contribution in [0.2, 0.25) is 0 Å². The summed E-state index contributed by atoms with van der Waals surface area (Å²) in [7, 11) is 0. The second-order valence-corrected chi connectivity index (χ2v) is 6.80. The van der Waals surface area contributed by atoms with Crippen molar-refractivity contribution in [3.8, 4) is 0 Å². The second kappa shape index (κ2) is 8.18. The van der Waals surface area contributed by atoms with Crippen LogP contribution in [0.5, 0.6) is 0 Å². The lowest BCUT2D eigenvalue weighted by atomic mass is 10.1. The Morgan fingerprint density at radius 2 is 1.96 bits per heavy atom. The van der Waals surface area contributed by atoms with Crippen LogP contribution in [-0.4, -0.2) is 16.9 Å². The summed E-state index contributed by atoms with van der Waals surface area (Å²) in [5.74, 6) is -0.0854. The van der Waals surface area contributed by atoms with Crippen molar-refractivity contribution in [2.24, 2.45) is 0 Å². The molecule has 0 aliphatic rings. The van der Waals surface area contributed by atoms with Crippen LogP contribution in [0.4, 0.5) is 10.8 Å². The summed E-state index contributed by atoms with van der Waals surface area (Å²) in [6.45, 7) is 5.31. The zero-order valence-electron chi connectivity index (χ0n) is 15.4. The van der Waals surface area contributed by atoms with E-state index in [0.29, 0.717) is 22.1 Å². The van der Waals surface area contributed by atoms with Crippen LogP contribution in [-0.2, 0) is 22.6 Å². The summed E-state index contributed by atoms with van der Waals surface area (Å²) >= 11 is 1.33. The van der Waals surface area contributed by atoms with Crippen LogP contribution in [0.15, 0.2) is 46.4 Å². The first kappa shape index (κ1) is 18.8. The van der Waals surface area contributed by atoms with E-state index in [1.54, 1.807) is 23.3 Å². The number of ether oxygens (including phenoxy) is 1. The third-order valence-electron chi connectivity index (χ3n) is 4.08. The molecule has 0 aliphatic carbocycles. The maximum absolute atomic E-state index is 12.2. The van der Waals surface area contributed by atoms with Crippen LogP contribution >= 0.6 is 11.3 Å². The largest absolute Gasteiger partial charge is 0.469 e. The number of rotatable bonds is 6. The molecule has 7 heteroatoms. The molecule has 0 fully saturated rings. The zero-order chi connectivity index (χ0) is 19.4. The number of aromatic nitrogens is 1. The van der Waals surface area contributed by atoms with Gasteiger partial charge in [0.1, 0.15) is 17.9 Å². The maximum atomic E-state index is 12.2. The van der Waals surface area contributed by atoms with Crippen molar-refractivity contribution in [2.75, 3.05) is 4.90 Å². The summed E-state index contributed by atoms with van der Waals surface area (Å²) in [4.78, 5) is 30.2. The summed E-state index contributed by atoms with van der Waals surface area (Å²) in [5, 5.41) is 2.32. The van der Waals surface area contributed by atoms with Crippen LogP contribution < -0.4 is 4.90 Å². The molecule has 0 bridgehead atoms. The predicted molar refractivity (Wildman–Crippen MR) is 103 cm³/mol. The van der Waals surface area contributed by atoms with Gasteiger partial charge in [-0.05, 0) is 37.1 Å². The quantitative estimate of drug-likeness (QED) is 0.579. The highest BCUT2D eigenvalue weighted by Gasteiger charge is 2.19. The van der Waals surface area contributed by atoms with Gasteiger partial charge in [-0.2, -0.15) is 0 Å². The summed E-state index contributed by atoms with van der Waals surface area (Å²) in [6, 6.07) is 9.37. The third-order valence-corrected chi connectivity index (χ3v) is 4.95. The number of benzene rings is 1. The van der Waals surface area contributed by atoms with Gasteiger partial charge >= 0.3 is 5.97 Å². The van der Waals surface area contributed by atoms with Gasteiger partial charge in [0.25, 0.3) is 0 Å². The fourth-order valence-electron chi connectivity index (χ4n) is 2.59. The monoisotopic (exact) mass is 384 g/mol. The van der Waals surface area contributed by atoms with E-state index in [0.717, 1.165) is 12.1 Å². The molecule has 3 aromatic rings. The number of hydrogen-bond donors (Lipinski definition) is 0. The van der Waals surface area contributed by atoms with Crippen LogP contribution in [0.1, 0.15) is 41.2 Å². The number of anilines is 2. The Morgan fingerprint density at radius 1 is 1.22 bits per heavy atom. The highest BCUT2D eigenvalue weighted by Crippen LogP contribution is 2.29. The van der Waals surface area contributed by atoms with Crippen molar-refractivity contribution in [2.45, 2.75) is 33.8 Å². The van der Waals surface area contributed by atoms with Crippen molar-refractivity contribution < 1.29 is 18.7 Å². The summed E-state index contributed by atoms with van der Waals surface area (Å²) < 4.78 is 10.4. The first-order chi connectivity index (χ1) is 13.0. The maximum Gasteiger partial charge on any atom is 0.342 e. The van der Waals surface area contributed by atoms with E-state index < -0.39 is 5.97 Å². The number of carbonyl (C=O) groups excluding carboxylic acids is 2. The average Bonchev–Trinajstić information content (AvgIpc) is 3.29. The molecule has 0 radical (unpaired) electrons. The minimum absolute atomic E-state index is 0.0282. The number of nitrogens with zero attached hydrogens (tertiary/aromatic N) is 2. The van der Waals surface area contributed by atoms with E-state index in [4.69, 9.17) is 9.15 Å². The van der Waals surface area contributed by atoms with Gasteiger partial charge in [0.2, 0.25) is 5.91 Å². The van der Waals surface area contributed by atoms with Crippen molar-refractivity contribution >= 4 is 34.0 Å². The third kappa shape index (κ3) is 4.25. The predicted octanol–water partition coefficient (Wildman–Crippen LogP) is 4.65. The first-order valence-electron chi connectivity index (χ1n) is 8.54. The number of carbonyl (C=O) groups is 2. The fraction of sp³-hybridized carbons (Fsp3) is 0.250. The molecule has 0 unspecified atom stereocenters. The van der Waals surface area contributed by atoms with Gasteiger partial charge in [0.15, 0.2) is 5.13 Å². The van der Waals surface area contributed by atoms with Gasteiger partial charge in [-0.15, -0.1) is 11.3 Å². The molecule has 2 heterocycles. The molecule has 3 rings (SSSR count). The van der Waals surface area contributed by atoms with Crippen LogP contribution in [0.3, 0.4) is 0 Å². The van der Waals surface area contributed by atoms with E-state index in [2.05, 4.69) is 11.9 Å². The van der Waals surface area contributed by atoms with Gasteiger partial charge in [0.05, 0.1) is 17.6 Å². The number of furan rings is 1. The topological polar surface area (TPSA) is 72.6 Å². The van der Waals surface area contributed by atoms with Crippen LogP contribution in [0, 0.1) is 6.92 Å². The second-order valence-electron chi connectivity index (χ2n) is 5.96. The molecule has 0 saturated carbocycles. The first-order valence-corrected chi connectivity index (χ1v) is 9.42. The molecular formula is C20H20N2O4S. The van der Waals surface area contributed by atoms with E-state index in [9.17, 15) is 9.59 Å². The van der Waals surface area contributed by atoms with E-state index in [1.807, 2.05) is 24.3 Å². The summed E-state index contributed by atoms with van der Waals surface area (Å²) in [6.07, 6.45) is 2.38. The van der Waals surface area contributed by atoms with E-state index >= 15 is 0 Å². The molecule has 0 atom stereocenters. The lowest BCUT2D eigenvalue weighted by Gasteiger charge is -2.18. The molecule has 140 valence electrons. The Labute approximate surface area is 161 Å². The lowest BCUT2D eigenvalue weighted by Crippen LogP contribution is -2.22. The molecule has 0 spiro atoms. The van der Waals surface area contributed by atoms with Crippen molar-refractivity contribution in [3.05, 3.63) is 64.6 Å². The molecule has 1 aromatic carbocycles. The minimum Gasteiger partial charge on any atom is -0.469 e. The number of esters is 1. The molecular weight excluding hydrogens is 364 g/mol. The normalized spacial score (nSPS) is 10.6. The fourth-order valence-corrected chi connectivity index (χ4v) is 3.46. The van der Waals surface area contributed by atoms with Crippen molar-refractivity contribution in [3.63, 3.8) is 0 Å². The minimum atomic E-state index is -0.464. The molecule has 6 nitrogen and oxygen atoms in total. The molecule has 0 aliphatic heterocycles. The number of thiazole rings is 1. The Morgan fingerprint density at radius 3 is 2.56 bits per heavy atom.